The van der Waals surface area contributed by atoms with Gasteiger partial charge >= 0.3 is 6.09 Å². The lowest BCUT2D eigenvalue weighted by molar-refractivity contribution is -0.118. The molecule has 1 aliphatic heterocycles. The van der Waals surface area contributed by atoms with E-state index < -0.39 is 6.09 Å². The first-order valence-electron chi connectivity index (χ1n) is 15.9. The molecule has 3 aliphatic rings. The fourth-order valence-electron chi connectivity index (χ4n) is 7.22. The molecule has 0 bridgehead atoms. The van der Waals surface area contributed by atoms with Crippen LogP contribution in [0.15, 0.2) is 60.9 Å². The van der Waals surface area contributed by atoms with E-state index in [9.17, 15) is 14.7 Å². The lowest BCUT2D eigenvalue weighted by atomic mass is 9.84. The van der Waals surface area contributed by atoms with Crippen LogP contribution in [0.3, 0.4) is 0 Å². The summed E-state index contributed by atoms with van der Waals surface area (Å²) in [5.41, 5.74) is 3.28. The second kappa shape index (κ2) is 12.0. The standard InChI is InChI=1S/C35H38N6O4/c1-22-12-13-24-25(9-5-11-28(24)39-31(42)27-20-35(27)15-3-2-4-16-35)30(22)45-32-26(10-6-17-36-32)29-14-18-37-33(40-29)38-23-8-7-19-41(21-23)34(43)44/h5-6,9-14,17-18,23,27H,2-4,7-8,15-16,19-21H2,1H3,(H,39,42)(H,43,44)(H,37,38,40)/t23-,27?/m0/s1. The Morgan fingerprint density at radius 1 is 0.978 bits per heavy atom. The van der Waals surface area contributed by atoms with E-state index in [0.29, 0.717) is 41.9 Å². The van der Waals surface area contributed by atoms with Gasteiger partial charge in [-0.25, -0.2) is 19.7 Å². The molecule has 1 saturated heterocycles. The molecule has 2 amide bonds. The molecule has 10 nitrogen and oxygen atoms in total. The molecule has 232 valence electrons. The van der Waals surface area contributed by atoms with Gasteiger partial charge < -0.3 is 25.4 Å². The maximum atomic E-state index is 13.3. The van der Waals surface area contributed by atoms with E-state index in [2.05, 4.69) is 20.6 Å². The molecule has 10 heteroatoms. The average molecular weight is 607 g/mol. The van der Waals surface area contributed by atoms with Crippen LogP contribution in [-0.2, 0) is 4.79 Å². The topological polar surface area (TPSA) is 130 Å². The third kappa shape index (κ3) is 5.89. The number of nitrogens with one attached hydrogen (secondary N) is 2. The molecule has 3 fully saturated rings. The number of hydrogen-bond acceptors (Lipinski definition) is 7. The summed E-state index contributed by atoms with van der Waals surface area (Å²) in [6, 6.07) is 15.4. The molecular weight excluding hydrogens is 568 g/mol. The fourth-order valence-corrected chi connectivity index (χ4v) is 7.22. The van der Waals surface area contributed by atoms with E-state index >= 15 is 0 Å². The number of aromatic nitrogens is 3. The van der Waals surface area contributed by atoms with Crippen molar-refractivity contribution in [3.63, 3.8) is 0 Å². The van der Waals surface area contributed by atoms with Crippen LogP contribution in [-0.4, -0.2) is 56.1 Å². The van der Waals surface area contributed by atoms with E-state index in [1.54, 1.807) is 18.5 Å². The Kier molecular flexibility index (Phi) is 7.73. The molecule has 2 aromatic heterocycles. The van der Waals surface area contributed by atoms with Crippen molar-refractivity contribution in [2.75, 3.05) is 23.7 Å². The van der Waals surface area contributed by atoms with Crippen molar-refractivity contribution in [3.05, 3.63) is 66.5 Å². The summed E-state index contributed by atoms with van der Waals surface area (Å²) in [5, 5.41) is 17.8. The van der Waals surface area contributed by atoms with Crippen LogP contribution in [0.25, 0.3) is 22.0 Å². The summed E-state index contributed by atoms with van der Waals surface area (Å²) in [6.07, 6.45) is 11.1. The number of pyridine rings is 1. The van der Waals surface area contributed by atoms with Gasteiger partial charge in [0.2, 0.25) is 17.7 Å². The van der Waals surface area contributed by atoms with Crippen LogP contribution in [0.5, 0.6) is 11.6 Å². The number of amides is 2. The number of piperidine rings is 1. The fraction of sp³-hybridized carbons (Fsp3) is 0.400. The van der Waals surface area contributed by atoms with Gasteiger partial charge in [-0.15, -0.1) is 0 Å². The lowest BCUT2D eigenvalue weighted by Gasteiger charge is -2.31. The van der Waals surface area contributed by atoms with Crippen molar-refractivity contribution >= 4 is 34.4 Å². The number of carbonyl (C=O) groups excluding carboxylic acids is 1. The Hall–Kier alpha value is -4.73. The summed E-state index contributed by atoms with van der Waals surface area (Å²) >= 11 is 0. The van der Waals surface area contributed by atoms with Crippen molar-refractivity contribution in [1.82, 2.24) is 19.9 Å². The van der Waals surface area contributed by atoms with Crippen molar-refractivity contribution in [3.8, 4) is 22.9 Å². The van der Waals surface area contributed by atoms with Gasteiger partial charge in [0.05, 0.1) is 11.3 Å². The zero-order valence-electron chi connectivity index (χ0n) is 25.5. The maximum absolute atomic E-state index is 13.3. The summed E-state index contributed by atoms with van der Waals surface area (Å²) in [7, 11) is 0. The molecule has 2 aliphatic carbocycles. The molecule has 1 spiro atoms. The van der Waals surface area contributed by atoms with Gasteiger partial charge in [0.15, 0.2) is 0 Å². The number of nitrogens with zero attached hydrogens (tertiary/aromatic N) is 4. The number of likely N-dealkylation sites (tertiary alicyclic amines) is 1. The highest BCUT2D eigenvalue weighted by Crippen LogP contribution is 2.61. The number of hydrogen-bond donors (Lipinski definition) is 3. The van der Waals surface area contributed by atoms with Crippen LogP contribution in [0.1, 0.15) is 56.9 Å². The molecule has 2 aromatic carbocycles. The third-order valence-electron chi connectivity index (χ3n) is 9.75. The zero-order valence-corrected chi connectivity index (χ0v) is 25.5. The number of anilines is 2. The van der Waals surface area contributed by atoms with Crippen LogP contribution in [0, 0.1) is 18.3 Å². The van der Waals surface area contributed by atoms with E-state index in [4.69, 9.17) is 9.72 Å². The first kappa shape index (κ1) is 29.0. The lowest BCUT2D eigenvalue weighted by Crippen LogP contribution is -2.44. The Morgan fingerprint density at radius 2 is 1.84 bits per heavy atom. The van der Waals surface area contributed by atoms with Crippen molar-refractivity contribution in [2.45, 2.75) is 64.3 Å². The summed E-state index contributed by atoms with van der Waals surface area (Å²) in [5.74, 6) is 1.72. The number of aryl methyl sites for hydroxylation is 1. The van der Waals surface area contributed by atoms with Gasteiger partial charge in [-0.3, -0.25) is 4.79 Å². The molecule has 0 radical (unpaired) electrons. The first-order valence-corrected chi connectivity index (χ1v) is 15.9. The van der Waals surface area contributed by atoms with E-state index in [1.165, 1.54) is 24.2 Å². The van der Waals surface area contributed by atoms with Crippen molar-refractivity contribution in [1.29, 1.82) is 0 Å². The number of carbonyl (C=O) groups is 2. The van der Waals surface area contributed by atoms with Gasteiger partial charge in [-0.1, -0.05) is 43.5 Å². The largest absolute Gasteiger partial charge is 0.465 e. The van der Waals surface area contributed by atoms with Gasteiger partial charge in [0, 0.05) is 53.9 Å². The summed E-state index contributed by atoms with van der Waals surface area (Å²) in [4.78, 5) is 39.9. The Balaban J connectivity index is 1.13. The SMILES string of the molecule is Cc1ccc2c(NC(=O)C3CC34CCCCC4)cccc2c1Oc1ncccc1-c1ccnc(N[C@H]2CCCN(C(=O)O)C2)n1. The van der Waals surface area contributed by atoms with E-state index in [0.717, 1.165) is 54.1 Å². The minimum absolute atomic E-state index is 0.0733. The van der Waals surface area contributed by atoms with Crippen LogP contribution in [0.4, 0.5) is 16.4 Å². The second-order valence-corrected chi connectivity index (χ2v) is 12.7. The highest BCUT2D eigenvalue weighted by molar-refractivity contribution is 6.06. The summed E-state index contributed by atoms with van der Waals surface area (Å²) in [6.45, 7) is 2.92. The van der Waals surface area contributed by atoms with Gasteiger partial charge in [-0.2, -0.15) is 0 Å². The predicted molar refractivity (Wildman–Crippen MR) is 173 cm³/mol. The summed E-state index contributed by atoms with van der Waals surface area (Å²) < 4.78 is 6.57. The quantitative estimate of drug-likeness (QED) is 0.201. The predicted octanol–water partition coefficient (Wildman–Crippen LogP) is 7.26. The number of benzene rings is 2. The molecule has 3 heterocycles. The number of carboxylic acid groups (broad SMARTS) is 1. The molecule has 2 atom stereocenters. The second-order valence-electron chi connectivity index (χ2n) is 12.7. The Labute approximate surface area is 262 Å². The van der Waals surface area contributed by atoms with Gasteiger partial charge in [-0.05, 0) is 74.3 Å². The smallest absolute Gasteiger partial charge is 0.407 e. The molecule has 45 heavy (non-hydrogen) atoms. The molecule has 7 rings (SSSR count). The molecular formula is C35H38N6O4. The van der Waals surface area contributed by atoms with Crippen LogP contribution in [0.2, 0.25) is 0 Å². The maximum Gasteiger partial charge on any atom is 0.407 e. The highest BCUT2D eigenvalue weighted by atomic mass is 16.5. The zero-order chi connectivity index (χ0) is 31.0. The molecule has 4 aromatic rings. The third-order valence-corrected chi connectivity index (χ3v) is 9.75. The highest BCUT2D eigenvalue weighted by Gasteiger charge is 2.57. The minimum atomic E-state index is -0.915. The molecule has 1 unspecified atom stereocenters. The number of fused-ring (bicyclic) bond motifs is 1. The number of ether oxygens (including phenoxy) is 1. The van der Waals surface area contributed by atoms with E-state index in [-0.39, 0.29) is 23.3 Å². The molecule has 3 N–H and O–H groups in total. The van der Waals surface area contributed by atoms with Crippen LogP contribution < -0.4 is 15.4 Å². The van der Waals surface area contributed by atoms with Gasteiger partial charge in [0.1, 0.15) is 5.75 Å². The molecule has 2 saturated carbocycles. The normalized spacial score (nSPS) is 20.5. The first-order chi connectivity index (χ1) is 21.9. The average Bonchev–Trinajstić information content (AvgIpc) is 3.75. The minimum Gasteiger partial charge on any atom is -0.465 e. The van der Waals surface area contributed by atoms with Gasteiger partial charge in [0.25, 0.3) is 0 Å². The monoisotopic (exact) mass is 606 g/mol. The van der Waals surface area contributed by atoms with Crippen molar-refractivity contribution in [2.24, 2.45) is 11.3 Å². The van der Waals surface area contributed by atoms with Crippen molar-refractivity contribution < 1.29 is 19.4 Å². The Bertz CT molecular complexity index is 1750. The number of rotatable bonds is 7. The van der Waals surface area contributed by atoms with Crippen LogP contribution >= 0.6 is 0 Å². The van der Waals surface area contributed by atoms with E-state index in [1.807, 2.05) is 49.4 Å². The Morgan fingerprint density at radius 3 is 2.69 bits per heavy atom.